The Kier molecular flexibility index (Phi) is 8.06. The van der Waals surface area contributed by atoms with Crippen LogP contribution in [0.4, 0.5) is 8.78 Å². The van der Waals surface area contributed by atoms with Crippen molar-refractivity contribution >= 4 is 37.6 Å². The number of hydrogen-bond donors (Lipinski definition) is 3. The number of carbonyl (C=O) groups is 1. The van der Waals surface area contributed by atoms with E-state index in [1.165, 1.54) is 42.0 Å². The topological polar surface area (TPSA) is 166 Å². The van der Waals surface area contributed by atoms with Gasteiger partial charge in [-0.2, -0.15) is 8.61 Å². The van der Waals surface area contributed by atoms with E-state index in [4.69, 9.17) is 16.3 Å². The average Bonchev–Trinajstić information content (AvgIpc) is 2.91. The van der Waals surface area contributed by atoms with Crippen molar-refractivity contribution in [2.45, 2.75) is 15.8 Å². The number of halogens is 3. The van der Waals surface area contributed by atoms with Crippen LogP contribution in [-0.2, 0) is 24.8 Å². The number of ether oxygens (including phenoxy) is 1. The van der Waals surface area contributed by atoms with Crippen LogP contribution in [0.3, 0.4) is 0 Å². The minimum atomic E-state index is -4.83. The lowest BCUT2D eigenvalue weighted by Crippen LogP contribution is -2.61. The molecular weight excluding hydrogens is 586 g/mol. The first-order valence-corrected chi connectivity index (χ1v) is 14.2. The molecule has 3 aromatic rings. The molecule has 1 aliphatic heterocycles. The molecule has 0 spiro atoms. The van der Waals surface area contributed by atoms with Crippen molar-refractivity contribution in [2.24, 2.45) is 0 Å². The molecule has 1 aromatic heterocycles. The number of piperazine rings is 1. The largest absolute Gasteiger partial charge is 0.451 e. The van der Waals surface area contributed by atoms with Crippen LogP contribution in [0.15, 0.2) is 69.3 Å². The third-order valence-electron chi connectivity index (χ3n) is 5.72. The zero-order valence-electron chi connectivity index (χ0n) is 19.5. The van der Waals surface area contributed by atoms with E-state index >= 15 is 0 Å². The number of rotatable bonds is 7. The molecule has 12 nitrogen and oxygen atoms in total. The fraction of sp³-hybridized carbons (Fsp3) is 0.182. The summed E-state index contributed by atoms with van der Waals surface area (Å²) in [4.78, 5) is 25.1. The highest BCUT2D eigenvalue weighted by molar-refractivity contribution is 7.89. The fourth-order valence-electron chi connectivity index (χ4n) is 3.82. The molecule has 2 heterocycles. The Morgan fingerprint density at radius 1 is 1.05 bits per heavy atom. The van der Waals surface area contributed by atoms with Crippen molar-refractivity contribution in [1.29, 1.82) is 0 Å². The second-order valence-corrected chi connectivity index (χ2v) is 12.3. The SMILES string of the molecule is O=C(NO)[C@@H]1CN(S(=O)(=O)c2ccc[nH]c2=O)CCN1S(=O)(=O)c1cc(F)c(Oc2ccc(Cl)cc2)c(F)c1. The van der Waals surface area contributed by atoms with Gasteiger partial charge in [-0.1, -0.05) is 11.6 Å². The molecule has 1 fully saturated rings. The Morgan fingerprint density at radius 3 is 2.28 bits per heavy atom. The summed E-state index contributed by atoms with van der Waals surface area (Å²) < 4.78 is 88.8. The van der Waals surface area contributed by atoms with Crippen molar-refractivity contribution < 1.29 is 40.4 Å². The molecule has 0 bridgehead atoms. The van der Waals surface area contributed by atoms with Gasteiger partial charge in [0.05, 0.1) is 4.90 Å². The molecule has 0 radical (unpaired) electrons. The molecule has 1 amide bonds. The number of benzene rings is 2. The van der Waals surface area contributed by atoms with Gasteiger partial charge in [0.1, 0.15) is 16.7 Å². The zero-order chi connectivity index (χ0) is 28.5. The van der Waals surface area contributed by atoms with E-state index in [1.807, 2.05) is 0 Å². The number of aromatic nitrogens is 1. The fourth-order valence-corrected chi connectivity index (χ4v) is 7.03. The van der Waals surface area contributed by atoms with Gasteiger partial charge >= 0.3 is 0 Å². The van der Waals surface area contributed by atoms with Crippen LogP contribution in [0.25, 0.3) is 0 Å². The molecule has 1 saturated heterocycles. The third-order valence-corrected chi connectivity index (χ3v) is 9.75. The van der Waals surface area contributed by atoms with E-state index in [1.54, 1.807) is 0 Å². The van der Waals surface area contributed by atoms with Crippen LogP contribution in [-0.4, -0.2) is 67.2 Å². The second-order valence-electron chi connectivity index (χ2n) is 8.11. The van der Waals surface area contributed by atoms with Gasteiger partial charge in [-0.3, -0.25) is 14.8 Å². The molecule has 208 valence electrons. The number of hydroxylamine groups is 1. The highest BCUT2D eigenvalue weighted by Crippen LogP contribution is 2.32. The molecule has 4 rings (SSSR count). The van der Waals surface area contributed by atoms with Crippen molar-refractivity contribution in [3.8, 4) is 11.5 Å². The number of carbonyl (C=O) groups excluding carboxylic acids is 1. The number of H-pyrrole nitrogens is 1. The summed E-state index contributed by atoms with van der Waals surface area (Å²) in [6, 6.07) is 6.86. The van der Waals surface area contributed by atoms with Gasteiger partial charge in [0, 0.05) is 30.9 Å². The summed E-state index contributed by atoms with van der Waals surface area (Å²) in [5, 5.41) is 9.53. The van der Waals surface area contributed by atoms with E-state index < -0.39 is 84.4 Å². The molecular formula is C22H19ClF2N4O8S2. The van der Waals surface area contributed by atoms with E-state index in [0.717, 1.165) is 6.07 Å². The Balaban J connectivity index is 1.66. The highest BCUT2D eigenvalue weighted by atomic mass is 35.5. The number of aromatic amines is 1. The molecule has 0 unspecified atom stereocenters. The quantitative estimate of drug-likeness (QED) is 0.270. The van der Waals surface area contributed by atoms with Crippen LogP contribution in [0, 0.1) is 11.6 Å². The van der Waals surface area contributed by atoms with E-state index in [9.17, 15) is 40.4 Å². The lowest BCUT2D eigenvalue weighted by Gasteiger charge is -2.38. The van der Waals surface area contributed by atoms with E-state index in [0.29, 0.717) is 25.8 Å². The minimum absolute atomic E-state index is 0.0158. The third kappa shape index (κ3) is 5.66. The summed E-state index contributed by atoms with van der Waals surface area (Å²) in [5.41, 5.74) is 0.320. The maximum atomic E-state index is 14.8. The number of sulfonamides is 2. The van der Waals surface area contributed by atoms with Crippen molar-refractivity contribution in [3.05, 3.63) is 81.7 Å². The van der Waals surface area contributed by atoms with Crippen LogP contribution >= 0.6 is 11.6 Å². The van der Waals surface area contributed by atoms with Crippen LogP contribution in [0.1, 0.15) is 0 Å². The Morgan fingerprint density at radius 2 is 1.69 bits per heavy atom. The summed E-state index contributed by atoms with van der Waals surface area (Å²) >= 11 is 5.77. The molecule has 2 aromatic carbocycles. The van der Waals surface area contributed by atoms with Gasteiger partial charge in [0.15, 0.2) is 17.4 Å². The van der Waals surface area contributed by atoms with Crippen LogP contribution in [0.2, 0.25) is 5.02 Å². The van der Waals surface area contributed by atoms with Crippen molar-refractivity contribution in [2.75, 3.05) is 19.6 Å². The average molecular weight is 605 g/mol. The van der Waals surface area contributed by atoms with Gasteiger partial charge in [-0.05, 0) is 48.5 Å². The Bertz CT molecular complexity index is 1660. The van der Waals surface area contributed by atoms with E-state index in [2.05, 4.69) is 4.98 Å². The summed E-state index contributed by atoms with van der Waals surface area (Å²) in [5.74, 6) is -4.96. The molecule has 1 atom stereocenters. The normalized spacial score (nSPS) is 17.1. The maximum Gasteiger partial charge on any atom is 0.268 e. The zero-order valence-corrected chi connectivity index (χ0v) is 21.9. The standard InChI is InChI=1S/C22H19ClF2N4O8S2/c23-13-3-5-14(6-4-13)37-20-16(24)10-15(11-17(20)25)38(33,34)29-9-8-28(12-18(29)21(30)27-32)39(35,36)19-2-1-7-26-22(19)31/h1-7,10-11,18,32H,8-9,12H2,(H,26,31)(H,27,30)/t18-/m0/s1. The maximum absolute atomic E-state index is 14.8. The lowest BCUT2D eigenvalue weighted by molar-refractivity contribution is -0.134. The first-order valence-electron chi connectivity index (χ1n) is 10.9. The summed E-state index contributed by atoms with van der Waals surface area (Å²) in [6.45, 7) is -1.99. The Hall–Kier alpha value is -3.41. The molecule has 0 aliphatic carbocycles. The number of nitrogens with zero attached hydrogens (tertiary/aromatic N) is 2. The molecule has 17 heteroatoms. The highest BCUT2D eigenvalue weighted by Gasteiger charge is 2.44. The van der Waals surface area contributed by atoms with Gasteiger partial charge < -0.3 is 9.72 Å². The Labute approximate surface area is 225 Å². The predicted molar refractivity (Wildman–Crippen MR) is 131 cm³/mol. The van der Waals surface area contributed by atoms with Crippen molar-refractivity contribution in [3.63, 3.8) is 0 Å². The van der Waals surface area contributed by atoms with Gasteiger partial charge in [0.25, 0.3) is 11.5 Å². The lowest BCUT2D eigenvalue weighted by atomic mass is 10.2. The summed E-state index contributed by atoms with van der Waals surface area (Å²) in [6.07, 6.45) is 1.21. The van der Waals surface area contributed by atoms with E-state index in [-0.39, 0.29) is 5.75 Å². The first kappa shape index (κ1) is 28.6. The van der Waals surface area contributed by atoms with Gasteiger partial charge in [0.2, 0.25) is 20.0 Å². The van der Waals surface area contributed by atoms with Crippen LogP contribution < -0.4 is 15.8 Å². The smallest absolute Gasteiger partial charge is 0.268 e. The number of amides is 1. The molecule has 3 N–H and O–H groups in total. The first-order chi connectivity index (χ1) is 18.4. The van der Waals surface area contributed by atoms with Gasteiger partial charge in [-0.25, -0.2) is 31.1 Å². The van der Waals surface area contributed by atoms with Crippen molar-refractivity contribution in [1.82, 2.24) is 19.1 Å². The van der Waals surface area contributed by atoms with Crippen LogP contribution in [0.5, 0.6) is 11.5 Å². The minimum Gasteiger partial charge on any atom is -0.451 e. The number of nitrogens with one attached hydrogen (secondary N) is 2. The summed E-state index contributed by atoms with van der Waals surface area (Å²) in [7, 11) is -9.32. The predicted octanol–water partition coefficient (Wildman–Crippen LogP) is 1.67. The van der Waals surface area contributed by atoms with Gasteiger partial charge in [-0.15, -0.1) is 0 Å². The molecule has 0 saturated carbocycles. The molecule has 1 aliphatic rings. The second kappa shape index (κ2) is 11.0. The number of pyridine rings is 1. The monoisotopic (exact) mass is 604 g/mol. The molecule has 39 heavy (non-hydrogen) atoms. The number of hydrogen-bond acceptors (Lipinski definition) is 8.